The van der Waals surface area contributed by atoms with Crippen LogP contribution in [0.5, 0.6) is 0 Å². The highest BCUT2D eigenvalue weighted by atomic mass is 16.4. The number of carbonyl (C=O) groups is 1. The van der Waals surface area contributed by atoms with Crippen LogP contribution in [0.25, 0.3) is 0 Å². The normalized spacial score (nSPS) is 28.3. The van der Waals surface area contributed by atoms with Gasteiger partial charge in [0.05, 0.1) is 5.92 Å². The van der Waals surface area contributed by atoms with Crippen LogP contribution in [0.1, 0.15) is 25.7 Å². The van der Waals surface area contributed by atoms with E-state index in [1.54, 1.807) is 6.21 Å². The molecule has 0 radical (unpaired) electrons. The lowest BCUT2D eigenvalue weighted by Gasteiger charge is -2.25. The summed E-state index contributed by atoms with van der Waals surface area (Å²) < 4.78 is 0. The highest BCUT2D eigenvalue weighted by Gasteiger charge is 2.24. The summed E-state index contributed by atoms with van der Waals surface area (Å²) in [5, 5.41) is 8.91. The third kappa shape index (κ3) is 2.93. The third-order valence-electron chi connectivity index (χ3n) is 3.20. The molecule has 17 heavy (non-hydrogen) atoms. The molecule has 5 heteroatoms. The van der Waals surface area contributed by atoms with Crippen molar-refractivity contribution in [2.75, 3.05) is 7.05 Å². The maximum atomic E-state index is 10.8. The van der Waals surface area contributed by atoms with E-state index in [0.29, 0.717) is 12.8 Å². The molecule has 0 amide bonds. The van der Waals surface area contributed by atoms with Gasteiger partial charge in [0.25, 0.3) is 0 Å². The van der Waals surface area contributed by atoms with Gasteiger partial charge in [-0.2, -0.15) is 0 Å². The summed E-state index contributed by atoms with van der Waals surface area (Å²) in [6.07, 6.45) is 8.34. The largest absolute Gasteiger partial charge is 0.481 e. The van der Waals surface area contributed by atoms with Gasteiger partial charge >= 0.3 is 5.97 Å². The van der Waals surface area contributed by atoms with Gasteiger partial charge in [-0.3, -0.25) is 4.79 Å². The first-order valence-corrected chi connectivity index (χ1v) is 5.87. The molecular weight excluding hydrogens is 218 g/mol. The van der Waals surface area contributed by atoms with Gasteiger partial charge in [-0.1, -0.05) is 0 Å². The first-order chi connectivity index (χ1) is 8.16. The molecule has 92 valence electrons. The van der Waals surface area contributed by atoms with Gasteiger partial charge in [-0.05, 0) is 31.8 Å². The van der Waals surface area contributed by atoms with E-state index >= 15 is 0 Å². The molecule has 0 aromatic rings. The van der Waals surface area contributed by atoms with Crippen molar-refractivity contribution in [3.8, 4) is 0 Å². The SMILES string of the molecule is CN1C=CC=NC1N=C1CCC(C(=O)O)CC1. The van der Waals surface area contributed by atoms with Crippen LogP contribution in [-0.2, 0) is 4.79 Å². The summed E-state index contributed by atoms with van der Waals surface area (Å²) in [5.41, 5.74) is 1.09. The molecule has 0 saturated heterocycles. The molecular formula is C12H17N3O2. The lowest BCUT2D eigenvalue weighted by atomic mass is 9.88. The zero-order valence-corrected chi connectivity index (χ0v) is 9.91. The summed E-state index contributed by atoms with van der Waals surface area (Å²) >= 11 is 0. The van der Waals surface area contributed by atoms with Crippen molar-refractivity contribution >= 4 is 17.9 Å². The van der Waals surface area contributed by atoms with Gasteiger partial charge in [-0.15, -0.1) is 0 Å². The van der Waals surface area contributed by atoms with E-state index in [4.69, 9.17) is 5.11 Å². The third-order valence-corrected chi connectivity index (χ3v) is 3.20. The Morgan fingerprint density at radius 3 is 2.82 bits per heavy atom. The molecule has 2 rings (SSSR count). The summed E-state index contributed by atoms with van der Waals surface area (Å²) in [4.78, 5) is 21.6. The van der Waals surface area contributed by atoms with Crippen molar-refractivity contribution in [3.63, 3.8) is 0 Å². The Morgan fingerprint density at radius 1 is 1.53 bits per heavy atom. The van der Waals surface area contributed by atoms with Crippen LogP contribution < -0.4 is 0 Å². The van der Waals surface area contributed by atoms with Crippen molar-refractivity contribution < 1.29 is 9.90 Å². The molecule has 1 unspecified atom stereocenters. The fourth-order valence-corrected chi connectivity index (χ4v) is 2.10. The number of nitrogens with zero attached hydrogens (tertiary/aromatic N) is 3. The predicted octanol–water partition coefficient (Wildman–Crippen LogP) is 1.52. The first-order valence-electron chi connectivity index (χ1n) is 5.87. The fourth-order valence-electron chi connectivity index (χ4n) is 2.10. The maximum absolute atomic E-state index is 10.8. The number of hydrogen-bond donors (Lipinski definition) is 1. The van der Waals surface area contributed by atoms with Crippen molar-refractivity contribution in [3.05, 3.63) is 12.3 Å². The second kappa shape index (κ2) is 5.12. The minimum absolute atomic E-state index is 0.170. The van der Waals surface area contributed by atoms with Gasteiger partial charge in [0.2, 0.25) is 6.29 Å². The average Bonchev–Trinajstić information content (AvgIpc) is 2.33. The van der Waals surface area contributed by atoms with E-state index < -0.39 is 5.97 Å². The zero-order chi connectivity index (χ0) is 12.3. The second-order valence-electron chi connectivity index (χ2n) is 4.46. The molecule has 0 aromatic carbocycles. The Kier molecular flexibility index (Phi) is 3.56. The van der Waals surface area contributed by atoms with Crippen molar-refractivity contribution in [1.82, 2.24) is 4.90 Å². The Hall–Kier alpha value is -1.65. The van der Waals surface area contributed by atoms with E-state index in [9.17, 15) is 4.79 Å². The van der Waals surface area contributed by atoms with Crippen LogP contribution in [-0.4, -0.2) is 41.2 Å². The number of carboxylic acid groups (broad SMARTS) is 1. The quantitative estimate of drug-likeness (QED) is 0.789. The van der Waals surface area contributed by atoms with Crippen LogP contribution in [0.3, 0.4) is 0 Å². The van der Waals surface area contributed by atoms with Crippen molar-refractivity contribution in [2.45, 2.75) is 32.0 Å². The van der Waals surface area contributed by atoms with Gasteiger partial charge in [0, 0.05) is 25.2 Å². The molecule has 0 bridgehead atoms. The molecule has 1 aliphatic carbocycles. The van der Waals surface area contributed by atoms with Crippen LogP contribution in [0.4, 0.5) is 0 Å². The van der Waals surface area contributed by atoms with Gasteiger partial charge in [-0.25, -0.2) is 9.98 Å². The molecule has 1 aliphatic heterocycles. The second-order valence-corrected chi connectivity index (χ2v) is 4.46. The van der Waals surface area contributed by atoms with Crippen LogP contribution in [0, 0.1) is 5.92 Å². The standard InChI is InChI=1S/C12H17N3O2/c1-15-8-2-7-13-12(15)14-10-5-3-9(4-6-10)11(16)17/h2,7-9,12H,3-6H2,1H3,(H,16,17). The van der Waals surface area contributed by atoms with E-state index in [1.807, 2.05) is 24.2 Å². The summed E-state index contributed by atoms with van der Waals surface area (Å²) in [6, 6.07) is 0. The summed E-state index contributed by atoms with van der Waals surface area (Å²) in [7, 11) is 1.94. The minimum atomic E-state index is -0.681. The highest BCUT2D eigenvalue weighted by Crippen LogP contribution is 2.23. The van der Waals surface area contributed by atoms with Crippen LogP contribution >= 0.6 is 0 Å². The predicted molar refractivity (Wildman–Crippen MR) is 66.2 cm³/mol. The van der Waals surface area contributed by atoms with Crippen molar-refractivity contribution in [2.24, 2.45) is 15.9 Å². The lowest BCUT2D eigenvalue weighted by molar-refractivity contribution is -0.142. The molecule has 1 heterocycles. The van der Waals surface area contributed by atoms with Gasteiger partial charge in [0.1, 0.15) is 0 Å². The fraction of sp³-hybridized carbons (Fsp3) is 0.583. The van der Waals surface area contributed by atoms with E-state index in [-0.39, 0.29) is 12.2 Å². The van der Waals surface area contributed by atoms with Crippen LogP contribution in [0.2, 0.25) is 0 Å². The lowest BCUT2D eigenvalue weighted by Crippen LogP contribution is -2.28. The monoisotopic (exact) mass is 235 g/mol. The smallest absolute Gasteiger partial charge is 0.306 e. The summed E-state index contributed by atoms with van der Waals surface area (Å²) in [6.45, 7) is 0. The number of rotatable bonds is 2. The molecule has 0 aromatic heterocycles. The zero-order valence-electron chi connectivity index (χ0n) is 9.91. The molecule has 1 fully saturated rings. The van der Waals surface area contributed by atoms with E-state index in [1.165, 1.54) is 0 Å². The van der Waals surface area contributed by atoms with Gasteiger partial charge in [0.15, 0.2) is 0 Å². The molecule has 1 atom stereocenters. The Balaban J connectivity index is 1.94. The van der Waals surface area contributed by atoms with Crippen molar-refractivity contribution in [1.29, 1.82) is 0 Å². The number of aliphatic imine (C=N–C) groups is 2. The van der Waals surface area contributed by atoms with E-state index in [0.717, 1.165) is 18.6 Å². The first kappa shape index (κ1) is 11.8. The van der Waals surface area contributed by atoms with Gasteiger partial charge < -0.3 is 10.0 Å². The molecule has 0 spiro atoms. The Morgan fingerprint density at radius 2 is 2.24 bits per heavy atom. The highest BCUT2D eigenvalue weighted by molar-refractivity contribution is 5.87. The Bertz CT molecular complexity index is 377. The maximum Gasteiger partial charge on any atom is 0.306 e. The molecule has 5 nitrogen and oxygen atoms in total. The number of aliphatic carboxylic acids is 1. The van der Waals surface area contributed by atoms with E-state index in [2.05, 4.69) is 9.98 Å². The average molecular weight is 235 g/mol. The molecule has 1 saturated carbocycles. The number of carboxylic acids is 1. The molecule has 1 N–H and O–H groups in total. The minimum Gasteiger partial charge on any atom is -0.481 e. The Labute approximate surface area is 101 Å². The number of hydrogen-bond acceptors (Lipinski definition) is 4. The van der Waals surface area contributed by atoms with Crippen LogP contribution in [0.15, 0.2) is 22.3 Å². The summed E-state index contributed by atoms with van der Waals surface area (Å²) in [5.74, 6) is -0.874. The topological polar surface area (TPSA) is 65.3 Å². The number of allylic oxidation sites excluding steroid dienone is 1. The molecule has 2 aliphatic rings.